The number of rotatable bonds is 3. The van der Waals surface area contributed by atoms with Crippen LogP contribution in [0.2, 0.25) is 0 Å². The maximum atomic E-state index is 13.4. The Hall–Kier alpha value is -2.24. The molecule has 3 rings (SSSR count). The van der Waals surface area contributed by atoms with Crippen molar-refractivity contribution in [3.05, 3.63) is 40.7 Å². The number of nitrogen functional groups attached to an aromatic ring is 1. The normalized spacial score (nSPS) is 18.3. The summed E-state index contributed by atoms with van der Waals surface area (Å²) in [6, 6.07) is 6.57. The predicted molar refractivity (Wildman–Crippen MR) is 79.6 cm³/mol. The van der Waals surface area contributed by atoms with Crippen molar-refractivity contribution in [2.75, 3.05) is 11.1 Å². The van der Waals surface area contributed by atoms with Gasteiger partial charge in [-0.3, -0.25) is 0 Å². The maximum Gasteiger partial charge on any atom is 0.228 e. The number of nitrogens with one attached hydrogen (secondary N) is 1. The molecule has 1 heterocycles. The van der Waals surface area contributed by atoms with Crippen molar-refractivity contribution in [3.8, 4) is 0 Å². The molecule has 1 aliphatic rings. The summed E-state index contributed by atoms with van der Waals surface area (Å²) >= 11 is 0. The fourth-order valence-corrected chi connectivity index (χ4v) is 2.68. The molecule has 110 valence electrons. The highest BCUT2D eigenvalue weighted by Gasteiger charge is 2.23. The van der Waals surface area contributed by atoms with Gasteiger partial charge >= 0.3 is 0 Å². The van der Waals surface area contributed by atoms with Gasteiger partial charge in [0.05, 0.1) is 6.04 Å². The molecule has 2 atom stereocenters. The van der Waals surface area contributed by atoms with Gasteiger partial charge in [0.15, 0.2) is 12.0 Å². The number of aryl methyl sites for hydroxylation is 2. The van der Waals surface area contributed by atoms with E-state index < -0.39 is 6.17 Å². The van der Waals surface area contributed by atoms with Crippen LogP contribution in [0.15, 0.2) is 18.2 Å². The van der Waals surface area contributed by atoms with Crippen molar-refractivity contribution < 1.29 is 4.39 Å². The fraction of sp³-hybridized carbons (Fsp3) is 0.400. The number of alkyl halides is 1. The maximum absolute atomic E-state index is 13.4. The molecule has 2 unspecified atom stereocenters. The number of aromatic nitrogens is 3. The zero-order valence-corrected chi connectivity index (χ0v) is 12.1. The van der Waals surface area contributed by atoms with Gasteiger partial charge in [-0.2, -0.15) is 15.0 Å². The summed E-state index contributed by atoms with van der Waals surface area (Å²) in [6.07, 6.45) is 0.708. The summed E-state index contributed by atoms with van der Waals surface area (Å²) in [5, 5.41) is 3.25. The van der Waals surface area contributed by atoms with Crippen LogP contribution in [0.4, 0.5) is 16.3 Å². The number of anilines is 2. The van der Waals surface area contributed by atoms with Gasteiger partial charge < -0.3 is 11.1 Å². The molecule has 2 aromatic rings. The Kier molecular flexibility index (Phi) is 3.45. The first-order chi connectivity index (χ1) is 10.0. The second-order valence-electron chi connectivity index (χ2n) is 5.43. The van der Waals surface area contributed by atoms with Crippen LogP contribution >= 0.6 is 0 Å². The van der Waals surface area contributed by atoms with Gasteiger partial charge in [-0.25, -0.2) is 4.39 Å². The lowest BCUT2D eigenvalue weighted by Crippen LogP contribution is -2.13. The Morgan fingerprint density at radius 2 is 2.14 bits per heavy atom. The van der Waals surface area contributed by atoms with Gasteiger partial charge in [-0.15, -0.1) is 0 Å². The summed E-state index contributed by atoms with van der Waals surface area (Å²) in [6.45, 7) is 3.45. The van der Waals surface area contributed by atoms with Gasteiger partial charge in [0.1, 0.15) is 0 Å². The molecule has 0 aliphatic heterocycles. The van der Waals surface area contributed by atoms with Gasteiger partial charge in [0, 0.05) is 0 Å². The van der Waals surface area contributed by atoms with Crippen LogP contribution in [0.5, 0.6) is 0 Å². The van der Waals surface area contributed by atoms with Crippen molar-refractivity contribution >= 4 is 11.9 Å². The molecule has 0 bridgehead atoms. The zero-order valence-electron chi connectivity index (χ0n) is 12.1. The summed E-state index contributed by atoms with van der Waals surface area (Å²) in [5.74, 6) is 0.434. The average molecular weight is 287 g/mol. The lowest BCUT2D eigenvalue weighted by molar-refractivity contribution is 0.356. The summed E-state index contributed by atoms with van der Waals surface area (Å²) in [7, 11) is 0. The minimum absolute atomic E-state index is 0.0365. The van der Waals surface area contributed by atoms with Crippen molar-refractivity contribution in [2.24, 2.45) is 0 Å². The predicted octanol–water partition coefficient (Wildman–Crippen LogP) is 2.89. The molecule has 0 radical (unpaired) electrons. The van der Waals surface area contributed by atoms with Crippen molar-refractivity contribution in [1.29, 1.82) is 0 Å². The molecule has 0 saturated carbocycles. The molecule has 0 amide bonds. The molecular weight excluding hydrogens is 269 g/mol. The third-order valence-electron chi connectivity index (χ3n) is 3.71. The van der Waals surface area contributed by atoms with Crippen LogP contribution < -0.4 is 11.1 Å². The van der Waals surface area contributed by atoms with E-state index in [4.69, 9.17) is 5.73 Å². The Labute approximate surface area is 122 Å². The summed E-state index contributed by atoms with van der Waals surface area (Å²) in [4.78, 5) is 12.0. The highest BCUT2D eigenvalue weighted by Crippen LogP contribution is 2.33. The highest BCUT2D eigenvalue weighted by atomic mass is 19.1. The van der Waals surface area contributed by atoms with Crippen LogP contribution in [-0.2, 0) is 6.42 Å². The summed E-state index contributed by atoms with van der Waals surface area (Å²) < 4.78 is 13.4. The van der Waals surface area contributed by atoms with E-state index in [1.807, 2.05) is 0 Å². The number of nitrogens with zero attached hydrogens (tertiary/aromatic N) is 3. The minimum atomic E-state index is -1.27. The smallest absolute Gasteiger partial charge is 0.228 e. The van der Waals surface area contributed by atoms with Crippen LogP contribution in [0.3, 0.4) is 0 Å². The minimum Gasteiger partial charge on any atom is -0.368 e. The second-order valence-corrected chi connectivity index (χ2v) is 5.43. The molecule has 5 nitrogen and oxygen atoms in total. The number of hydrogen-bond acceptors (Lipinski definition) is 5. The topological polar surface area (TPSA) is 76.7 Å². The van der Waals surface area contributed by atoms with Gasteiger partial charge in [-0.05, 0) is 37.8 Å². The third kappa shape index (κ3) is 2.79. The highest BCUT2D eigenvalue weighted by molar-refractivity contribution is 5.43. The number of halogens is 1. The quantitative estimate of drug-likeness (QED) is 0.907. The average Bonchev–Trinajstić information content (AvgIpc) is 2.80. The molecule has 6 heteroatoms. The first-order valence-electron chi connectivity index (χ1n) is 7.04. The first kappa shape index (κ1) is 13.7. The molecule has 21 heavy (non-hydrogen) atoms. The molecule has 1 aromatic heterocycles. The fourth-order valence-electron chi connectivity index (χ4n) is 2.68. The Bertz CT molecular complexity index is 671. The molecule has 1 aromatic carbocycles. The monoisotopic (exact) mass is 287 g/mol. The van der Waals surface area contributed by atoms with E-state index >= 15 is 0 Å². The molecule has 0 fully saturated rings. The van der Waals surface area contributed by atoms with E-state index in [2.05, 4.69) is 45.4 Å². The van der Waals surface area contributed by atoms with Crippen LogP contribution in [-0.4, -0.2) is 15.0 Å². The lowest BCUT2D eigenvalue weighted by Gasteiger charge is -2.15. The van der Waals surface area contributed by atoms with Crippen LogP contribution in [0, 0.1) is 6.92 Å². The van der Waals surface area contributed by atoms with Crippen molar-refractivity contribution in [2.45, 2.75) is 38.9 Å². The molecule has 3 N–H and O–H groups in total. The molecular formula is C15H18FN5. The van der Waals surface area contributed by atoms with E-state index in [0.717, 1.165) is 12.8 Å². The lowest BCUT2D eigenvalue weighted by atomic mass is 10.1. The Balaban J connectivity index is 1.87. The van der Waals surface area contributed by atoms with E-state index in [1.54, 1.807) is 0 Å². The number of nitrogens with two attached hydrogens (primary N) is 1. The molecule has 1 aliphatic carbocycles. The number of hydrogen-bond donors (Lipinski definition) is 2. The number of benzene rings is 1. The van der Waals surface area contributed by atoms with Crippen molar-refractivity contribution in [1.82, 2.24) is 15.0 Å². The first-order valence-corrected chi connectivity index (χ1v) is 7.04. The Morgan fingerprint density at radius 3 is 2.90 bits per heavy atom. The Morgan fingerprint density at radius 1 is 1.33 bits per heavy atom. The largest absolute Gasteiger partial charge is 0.368 e. The standard InChI is InChI=1S/C15H18FN5/c1-8-3-4-10-5-6-12(11(10)7-8)18-15-20-13(9(2)16)19-14(17)21-15/h3-4,7,9,12H,5-6H2,1-2H3,(H3,17,18,19,20,21). The van der Waals surface area contributed by atoms with E-state index in [9.17, 15) is 4.39 Å². The third-order valence-corrected chi connectivity index (χ3v) is 3.71. The van der Waals surface area contributed by atoms with Crippen molar-refractivity contribution in [3.63, 3.8) is 0 Å². The zero-order chi connectivity index (χ0) is 15.0. The molecule has 0 saturated heterocycles. The van der Waals surface area contributed by atoms with Gasteiger partial charge in [-0.1, -0.05) is 23.8 Å². The second kappa shape index (κ2) is 5.27. The van der Waals surface area contributed by atoms with Gasteiger partial charge in [0.2, 0.25) is 11.9 Å². The van der Waals surface area contributed by atoms with E-state index in [1.165, 1.54) is 23.6 Å². The molecule has 0 spiro atoms. The van der Waals surface area contributed by atoms with Gasteiger partial charge in [0.25, 0.3) is 0 Å². The number of fused-ring (bicyclic) bond motifs is 1. The summed E-state index contributed by atoms with van der Waals surface area (Å²) in [5.41, 5.74) is 9.43. The van der Waals surface area contributed by atoms with Crippen LogP contribution in [0.1, 0.15) is 48.1 Å². The SMILES string of the molecule is Cc1ccc2c(c1)C(Nc1nc(N)nc(C(C)F)n1)CC2. The van der Waals surface area contributed by atoms with E-state index in [-0.39, 0.29) is 17.8 Å². The van der Waals surface area contributed by atoms with Crippen LogP contribution in [0.25, 0.3) is 0 Å². The van der Waals surface area contributed by atoms with E-state index in [0.29, 0.717) is 5.95 Å².